The van der Waals surface area contributed by atoms with Crippen molar-refractivity contribution in [2.75, 3.05) is 6.61 Å². The summed E-state index contributed by atoms with van der Waals surface area (Å²) < 4.78 is 158. The van der Waals surface area contributed by atoms with Gasteiger partial charge in [0.05, 0.1) is 17.7 Å². The topological polar surface area (TPSA) is 18.5 Å². The van der Waals surface area contributed by atoms with E-state index in [2.05, 4.69) is 11.3 Å². The van der Waals surface area contributed by atoms with E-state index in [1.165, 1.54) is 13.0 Å². The van der Waals surface area contributed by atoms with Gasteiger partial charge in [-0.3, -0.25) is 0 Å². The van der Waals surface area contributed by atoms with E-state index < -0.39 is 80.5 Å². The van der Waals surface area contributed by atoms with E-state index in [0.29, 0.717) is 12.1 Å². The third-order valence-electron chi connectivity index (χ3n) is 6.16. The monoisotopic (exact) mass is 564 g/mol. The van der Waals surface area contributed by atoms with Gasteiger partial charge in [-0.05, 0) is 60.7 Å². The third kappa shape index (κ3) is 4.39. The van der Waals surface area contributed by atoms with Crippen LogP contribution < -0.4 is 9.47 Å². The van der Waals surface area contributed by atoms with E-state index in [1.807, 2.05) is 0 Å². The Morgan fingerprint density at radius 2 is 1.33 bits per heavy atom. The number of ether oxygens (including phenoxy) is 2. The van der Waals surface area contributed by atoms with Gasteiger partial charge in [0.15, 0.2) is 23.1 Å². The van der Waals surface area contributed by atoms with Gasteiger partial charge in [-0.2, -0.15) is 30.7 Å². The molecule has 0 bridgehead atoms. The number of alkyl halides is 6. The van der Waals surface area contributed by atoms with Gasteiger partial charge in [0.25, 0.3) is 0 Å². The lowest BCUT2D eigenvalue weighted by atomic mass is 9.79. The molecule has 0 spiro atoms. The number of allylic oxidation sites excluding steroid dienone is 1. The van der Waals surface area contributed by atoms with Gasteiger partial charge in [0, 0.05) is 0 Å². The molecule has 3 aromatic carbocycles. The quantitative estimate of drug-likeness (QED) is 0.201. The molecule has 0 unspecified atom stereocenters. The zero-order chi connectivity index (χ0) is 28.9. The Kier molecular flexibility index (Phi) is 7.11. The molecule has 3 aromatic rings. The van der Waals surface area contributed by atoms with Crippen molar-refractivity contribution in [2.24, 2.45) is 0 Å². The van der Waals surface area contributed by atoms with Crippen LogP contribution >= 0.6 is 0 Å². The molecule has 2 nitrogen and oxygen atoms in total. The number of hydrogen-bond donors (Lipinski definition) is 0. The van der Waals surface area contributed by atoms with Crippen LogP contribution in [0.4, 0.5) is 43.9 Å². The third-order valence-corrected chi connectivity index (χ3v) is 6.16. The molecule has 4 rings (SSSR count). The molecule has 1 aliphatic carbocycles. The molecular formula is C27H18F10O2. The maximum absolute atomic E-state index is 15.3. The summed E-state index contributed by atoms with van der Waals surface area (Å²) in [4.78, 5) is 0. The van der Waals surface area contributed by atoms with Crippen LogP contribution in [0.2, 0.25) is 0 Å². The summed E-state index contributed by atoms with van der Waals surface area (Å²) in [6, 6.07) is 3.87. The largest absolute Gasteiger partial charge is 0.491 e. The number of benzene rings is 3. The minimum absolute atomic E-state index is 0.0280. The van der Waals surface area contributed by atoms with Crippen molar-refractivity contribution < 1.29 is 53.4 Å². The summed E-state index contributed by atoms with van der Waals surface area (Å²) in [5.41, 5.74) is -7.96. The van der Waals surface area contributed by atoms with Crippen molar-refractivity contribution in [3.8, 4) is 22.6 Å². The average Bonchev–Trinajstić information content (AvgIpc) is 2.86. The van der Waals surface area contributed by atoms with Crippen LogP contribution in [0.25, 0.3) is 11.1 Å². The molecule has 0 radical (unpaired) electrons. The highest BCUT2D eigenvalue weighted by molar-refractivity contribution is 5.77. The Bertz CT molecular complexity index is 1450. The summed E-state index contributed by atoms with van der Waals surface area (Å²) >= 11 is 0. The standard InChI is InChI=1S/C27H18F10O2/c1-3-5-6-13-7-11-18(24(31)21(13)28)39-27(36,37)16-10-8-14-15-9-12-17(38-4-2)23(30)20(15)26(34,35)25(32,33)19(14)22(16)29/h3,7-12H,1,4-6H2,2H3. The Morgan fingerprint density at radius 3 is 1.92 bits per heavy atom. The van der Waals surface area contributed by atoms with E-state index >= 15 is 13.2 Å². The highest BCUT2D eigenvalue weighted by Gasteiger charge is 2.66. The fourth-order valence-electron chi connectivity index (χ4n) is 4.30. The van der Waals surface area contributed by atoms with E-state index in [9.17, 15) is 30.7 Å². The first-order valence-corrected chi connectivity index (χ1v) is 11.4. The maximum Gasteiger partial charge on any atom is 0.429 e. The van der Waals surface area contributed by atoms with Gasteiger partial charge in [0.2, 0.25) is 5.82 Å². The second-order valence-corrected chi connectivity index (χ2v) is 8.53. The normalized spacial score (nSPS) is 15.4. The molecule has 0 saturated heterocycles. The zero-order valence-corrected chi connectivity index (χ0v) is 20.0. The van der Waals surface area contributed by atoms with Crippen molar-refractivity contribution in [3.63, 3.8) is 0 Å². The second kappa shape index (κ2) is 9.80. The number of rotatable bonds is 8. The maximum atomic E-state index is 15.3. The molecule has 0 amide bonds. The number of halogens is 10. The van der Waals surface area contributed by atoms with Crippen molar-refractivity contribution in [3.05, 3.63) is 94.6 Å². The van der Waals surface area contributed by atoms with Crippen LogP contribution in [0, 0.1) is 23.3 Å². The van der Waals surface area contributed by atoms with E-state index in [0.717, 1.165) is 18.2 Å². The molecule has 12 heteroatoms. The molecule has 0 N–H and O–H groups in total. The summed E-state index contributed by atoms with van der Waals surface area (Å²) in [7, 11) is 0. The fourth-order valence-corrected chi connectivity index (χ4v) is 4.30. The molecule has 0 heterocycles. The highest BCUT2D eigenvalue weighted by Crippen LogP contribution is 2.60. The lowest BCUT2D eigenvalue weighted by Crippen LogP contribution is -2.41. The van der Waals surface area contributed by atoms with Crippen LogP contribution in [0.1, 0.15) is 35.6 Å². The summed E-state index contributed by atoms with van der Waals surface area (Å²) in [6.45, 7) is 4.61. The Morgan fingerprint density at radius 1 is 0.769 bits per heavy atom. The molecule has 0 atom stereocenters. The summed E-state index contributed by atoms with van der Waals surface area (Å²) in [6.07, 6.45) is -3.32. The zero-order valence-electron chi connectivity index (χ0n) is 20.0. The smallest absolute Gasteiger partial charge is 0.429 e. The predicted molar refractivity (Wildman–Crippen MR) is 120 cm³/mol. The minimum Gasteiger partial charge on any atom is -0.491 e. The van der Waals surface area contributed by atoms with Gasteiger partial charge in [-0.25, -0.2) is 13.2 Å². The van der Waals surface area contributed by atoms with Crippen molar-refractivity contribution in [1.29, 1.82) is 0 Å². The fraction of sp³-hybridized carbons (Fsp3) is 0.259. The van der Waals surface area contributed by atoms with Gasteiger partial charge in [-0.15, -0.1) is 6.58 Å². The van der Waals surface area contributed by atoms with Crippen LogP contribution in [0.15, 0.2) is 49.1 Å². The molecule has 0 fully saturated rings. The first-order chi connectivity index (χ1) is 18.2. The van der Waals surface area contributed by atoms with Gasteiger partial charge >= 0.3 is 18.0 Å². The van der Waals surface area contributed by atoms with Crippen LogP contribution in [-0.2, 0) is 24.4 Å². The van der Waals surface area contributed by atoms with Gasteiger partial charge < -0.3 is 9.47 Å². The molecule has 0 aromatic heterocycles. The molecule has 1 aliphatic rings. The number of fused-ring (bicyclic) bond motifs is 3. The van der Waals surface area contributed by atoms with E-state index in [1.54, 1.807) is 0 Å². The predicted octanol–water partition coefficient (Wildman–Crippen LogP) is 8.75. The average molecular weight is 564 g/mol. The van der Waals surface area contributed by atoms with Crippen molar-refractivity contribution in [1.82, 2.24) is 0 Å². The van der Waals surface area contributed by atoms with Crippen molar-refractivity contribution >= 4 is 0 Å². The van der Waals surface area contributed by atoms with Gasteiger partial charge in [-0.1, -0.05) is 18.2 Å². The van der Waals surface area contributed by atoms with Gasteiger partial charge in [0.1, 0.15) is 11.4 Å². The Hall–Kier alpha value is -3.70. The molecule has 0 aliphatic heterocycles. The summed E-state index contributed by atoms with van der Waals surface area (Å²) in [5, 5.41) is 0. The first-order valence-electron chi connectivity index (χ1n) is 11.4. The van der Waals surface area contributed by atoms with E-state index in [-0.39, 0.29) is 31.1 Å². The van der Waals surface area contributed by atoms with Crippen LogP contribution in [0.5, 0.6) is 11.5 Å². The second-order valence-electron chi connectivity index (χ2n) is 8.53. The van der Waals surface area contributed by atoms with Crippen molar-refractivity contribution in [2.45, 2.75) is 37.7 Å². The molecule has 39 heavy (non-hydrogen) atoms. The molecular weight excluding hydrogens is 546 g/mol. The molecule has 0 saturated carbocycles. The lowest BCUT2D eigenvalue weighted by molar-refractivity contribution is -0.228. The Labute approximate surface area is 215 Å². The van der Waals surface area contributed by atoms with E-state index in [4.69, 9.17) is 4.74 Å². The number of hydrogen-bond acceptors (Lipinski definition) is 2. The van der Waals surface area contributed by atoms with Crippen LogP contribution in [-0.4, -0.2) is 6.61 Å². The lowest BCUT2D eigenvalue weighted by Gasteiger charge is -2.36. The van der Waals surface area contributed by atoms with Crippen LogP contribution in [0.3, 0.4) is 0 Å². The SMILES string of the molecule is C=CCCc1ccc(OC(F)(F)c2ccc3c(c2F)C(F)(F)C(F)(F)c2c-3ccc(OCC)c2F)c(F)c1F. The summed E-state index contributed by atoms with van der Waals surface area (Å²) in [5.74, 6) is -20.8. The first kappa shape index (κ1) is 28.3. The number of aryl methyl sites for hydroxylation is 1. The Balaban J connectivity index is 1.84. The molecule has 208 valence electrons. The highest BCUT2D eigenvalue weighted by atomic mass is 19.3. The minimum atomic E-state index is -5.51.